The molecule has 1 amide bonds. The number of pyridine rings is 1. The van der Waals surface area contributed by atoms with Crippen molar-refractivity contribution in [3.63, 3.8) is 0 Å². The Morgan fingerprint density at radius 1 is 0.939 bits per heavy atom. The minimum Gasteiger partial charge on any atom is -0.508 e. The van der Waals surface area contributed by atoms with Crippen molar-refractivity contribution in [1.82, 2.24) is 4.57 Å². The van der Waals surface area contributed by atoms with Gasteiger partial charge in [0, 0.05) is 22.8 Å². The second kappa shape index (κ2) is 7.66. The highest BCUT2D eigenvalue weighted by Gasteiger charge is 2.34. The van der Waals surface area contributed by atoms with Crippen LogP contribution in [0.5, 0.6) is 11.5 Å². The van der Waals surface area contributed by atoms with Gasteiger partial charge < -0.3 is 15.9 Å². The van der Waals surface area contributed by atoms with Crippen molar-refractivity contribution >= 4 is 16.7 Å². The molecule has 1 heterocycles. The third-order valence-corrected chi connectivity index (χ3v) is 5.08. The third-order valence-electron chi connectivity index (χ3n) is 5.08. The molecule has 0 saturated heterocycles. The molecule has 10 heteroatoms. The van der Waals surface area contributed by atoms with Gasteiger partial charge in [-0.05, 0) is 54.1 Å². The van der Waals surface area contributed by atoms with Crippen LogP contribution in [-0.2, 0) is 6.18 Å². The van der Waals surface area contributed by atoms with E-state index >= 15 is 0 Å². The first kappa shape index (κ1) is 21.9. The van der Waals surface area contributed by atoms with E-state index in [1.54, 1.807) is 0 Å². The summed E-state index contributed by atoms with van der Waals surface area (Å²) in [6, 6.07) is 9.74. The van der Waals surface area contributed by atoms with Crippen molar-refractivity contribution in [3.8, 4) is 28.3 Å². The van der Waals surface area contributed by atoms with Gasteiger partial charge in [-0.2, -0.15) is 13.2 Å². The number of fused-ring (bicyclic) bond motifs is 1. The topological polar surface area (TPSA) is 106 Å². The molecular formula is C23H14F4N2O4. The van der Waals surface area contributed by atoms with Crippen molar-refractivity contribution in [2.75, 3.05) is 0 Å². The van der Waals surface area contributed by atoms with E-state index in [4.69, 9.17) is 5.73 Å². The largest absolute Gasteiger partial charge is 0.508 e. The van der Waals surface area contributed by atoms with Gasteiger partial charge in [0.1, 0.15) is 17.3 Å². The summed E-state index contributed by atoms with van der Waals surface area (Å²) in [7, 11) is 0. The van der Waals surface area contributed by atoms with Crippen LogP contribution in [0.25, 0.3) is 27.6 Å². The molecule has 0 radical (unpaired) electrons. The van der Waals surface area contributed by atoms with E-state index in [0.717, 1.165) is 22.8 Å². The van der Waals surface area contributed by atoms with Crippen LogP contribution >= 0.6 is 0 Å². The molecule has 0 aliphatic carbocycles. The molecule has 0 bridgehead atoms. The van der Waals surface area contributed by atoms with E-state index in [2.05, 4.69) is 0 Å². The Balaban J connectivity index is 2.12. The highest BCUT2D eigenvalue weighted by molar-refractivity contribution is 6.10. The van der Waals surface area contributed by atoms with Gasteiger partial charge in [-0.1, -0.05) is 6.07 Å². The number of alkyl halides is 3. The standard InChI is InChI=1S/C23H14F4N2O4/c24-19-7-11(1-6-18(19)23(25,26)27)17-10-29(12-2-4-13(30)5-3-12)22(33)20-15(17)8-14(31)9-16(20)21(28)32/h1-10,30-31H,(H2,28,32). The summed E-state index contributed by atoms with van der Waals surface area (Å²) in [4.78, 5) is 25.3. The molecule has 0 spiro atoms. The van der Waals surface area contributed by atoms with Crippen LogP contribution in [0.4, 0.5) is 17.6 Å². The number of carbonyl (C=O) groups is 1. The number of nitrogens with zero attached hydrogens (tertiary/aromatic N) is 1. The number of halogens is 4. The first-order chi connectivity index (χ1) is 15.5. The predicted octanol–water partition coefficient (Wildman–Crippen LogP) is 4.33. The van der Waals surface area contributed by atoms with E-state index in [0.29, 0.717) is 12.1 Å². The summed E-state index contributed by atoms with van der Waals surface area (Å²) < 4.78 is 54.4. The van der Waals surface area contributed by atoms with Crippen molar-refractivity contribution in [2.24, 2.45) is 5.73 Å². The number of hydrogen-bond acceptors (Lipinski definition) is 4. The van der Waals surface area contributed by atoms with Crippen molar-refractivity contribution in [3.05, 3.63) is 88.1 Å². The van der Waals surface area contributed by atoms with Crippen LogP contribution in [0.15, 0.2) is 65.6 Å². The molecule has 0 aliphatic heterocycles. The number of nitrogens with two attached hydrogens (primary N) is 1. The minimum absolute atomic E-state index is 0.0111. The molecule has 4 rings (SSSR count). The van der Waals surface area contributed by atoms with Crippen LogP contribution < -0.4 is 11.3 Å². The fraction of sp³-hybridized carbons (Fsp3) is 0.0435. The zero-order chi connectivity index (χ0) is 24.1. The van der Waals surface area contributed by atoms with Crippen molar-refractivity contribution < 1.29 is 32.6 Å². The Kier molecular flexibility index (Phi) is 5.08. The van der Waals surface area contributed by atoms with E-state index in [-0.39, 0.29) is 38.9 Å². The van der Waals surface area contributed by atoms with Crippen LogP contribution in [0.3, 0.4) is 0 Å². The minimum atomic E-state index is -4.91. The second-order valence-corrected chi connectivity index (χ2v) is 7.21. The number of hydrogen-bond donors (Lipinski definition) is 3. The lowest BCUT2D eigenvalue weighted by atomic mass is 9.96. The highest BCUT2D eigenvalue weighted by Crippen LogP contribution is 2.36. The molecule has 0 unspecified atom stereocenters. The maximum absolute atomic E-state index is 14.3. The van der Waals surface area contributed by atoms with E-state index in [1.165, 1.54) is 30.5 Å². The van der Waals surface area contributed by atoms with Gasteiger partial charge in [0.15, 0.2) is 0 Å². The zero-order valence-electron chi connectivity index (χ0n) is 16.5. The summed E-state index contributed by atoms with van der Waals surface area (Å²) in [6.07, 6.45) is -3.67. The number of rotatable bonds is 3. The molecule has 168 valence electrons. The maximum atomic E-state index is 14.3. The monoisotopic (exact) mass is 458 g/mol. The van der Waals surface area contributed by atoms with Gasteiger partial charge in [-0.15, -0.1) is 0 Å². The van der Waals surface area contributed by atoms with Gasteiger partial charge in [-0.25, -0.2) is 4.39 Å². The van der Waals surface area contributed by atoms with Crippen LogP contribution in [0.1, 0.15) is 15.9 Å². The smallest absolute Gasteiger partial charge is 0.419 e. The van der Waals surface area contributed by atoms with Crippen molar-refractivity contribution in [2.45, 2.75) is 6.18 Å². The summed E-state index contributed by atoms with van der Waals surface area (Å²) in [5.41, 5.74) is 3.14. The number of benzene rings is 3. The highest BCUT2D eigenvalue weighted by atomic mass is 19.4. The van der Waals surface area contributed by atoms with Gasteiger partial charge >= 0.3 is 6.18 Å². The Hall–Kier alpha value is -4.34. The molecule has 4 N–H and O–H groups in total. The van der Waals surface area contributed by atoms with Crippen LogP contribution in [0.2, 0.25) is 0 Å². The lowest BCUT2D eigenvalue weighted by Crippen LogP contribution is -2.22. The van der Waals surface area contributed by atoms with Crippen molar-refractivity contribution in [1.29, 1.82) is 0 Å². The Morgan fingerprint density at radius 3 is 2.18 bits per heavy atom. The summed E-state index contributed by atoms with van der Waals surface area (Å²) >= 11 is 0. The number of phenolic OH excluding ortho intramolecular Hbond substituents is 2. The number of aromatic hydroxyl groups is 2. The van der Waals surface area contributed by atoms with Crippen LogP contribution in [-0.4, -0.2) is 20.7 Å². The molecule has 4 aromatic rings. The van der Waals surface area contributed by atoms with Gasteiger partial charge in [0.2, 0.25) is 5.91 Å². The lowest BCUT2D eigenvalue weighted by molar-refractivity contribution is -0.139. The van der Waals surface area contributed by atoms with Gasteiger partial charge in [0.05, 0.1) is 16.5 Å². The summed E-state index contributed by atoms with van der Waals surface area (Å²) in [5.74, 6) is -3.07. The second-order valence-electron chi connectivity index (χ2n) is 7.21. The molecular weight excluding hydrogens is 444 g/mol. The molecule has 0 saturated carbocycles. The third kappa shape index (κ3) is 3.86. The Morgan fingerprint density at radius 2 is 1.61 bits per heavy atom. The number of primary amides is 1. The predicted molar refractivity (Wildman–Crippen MR) is 112 cm³/mol. The SMILES string of the molecule is NC(=O)c1cc(O)cc2c(-c3ccc(C(F)(F)F)c(F)c3)cn(-c3ccc(O)cc3)c(=O)c12. The molecule has 1 aromatic heterocycles. The number of phenols is 2. The summed E-state index contributed by atoms with van der Waals surface area (Å²) in [6.45, 7) is 0. The fourth-order valence-corrected chi connectivity index (χ4v) is 3.59. The van der Waals surface area contributed by atoms with E-state index in [9.17, 15) is 37.4 Å². The normalized spacial score (nSPS) is 11.6. The van der Waals surface area contributed by atoms with Crippen LogP contribution in [0, 0.1) is 5.82 Å². The quantitative estimate of drug-likeness (QED) is 0.398. The van der Waals surface area contributed by atoms with Gasteiger partial charge in [0.25, 0.3) is 5.56 Å². The molecule has 0 aliphatic rings. The zero-order valence-corrected chi connectivity index (χ0v) is 16.5. The molecule has 6 nitrogen and oxygen atoms in total. The summed E-state index contributed by atoms with van der Waals surface area (Å²) in [5, 5.41) is 19.4. The Labute approximate surface area is 182 Å². The molecule has 0 atom stereocenters. The Bertz CT molecular complexity index is 1480. The average Bonchev–Trinajstić information content (AvgIpc) is 2.73. The molecule has 0 fully saturated rings. The van der Waals surface area contributed by atoms with E-state index < -0.39 is 34.8 Å². The first-order valence-electron chi connectivity index (χ1n) is 9.36. The average molecular weight is 458 g/mol. The number of aromatic nitrogens is 1. The van der Waals surface area contributed by atoms with Gasteiger partial charge in [-0.3, -0.25) is 14.2 Å². The molecule has 33 heavy (non-hydrogen) atoms. The van der Waals surface area contributed by atoms with E-state index in [1.807, 2.05) is 0 Å². The fourth-order valence-electron chi connectivity index (χ4n) is 3.59. The maximum Gasteiger partial charge on any atom is 0.419 e. The first-order valence-corrected chi connectivity index (χ1v) is 9.36. The molecule has 3 aromatic carbocycles. The lowest BCUT2D eigenvalue weighted by Gasteiger charge is -2.16. The number of carbonyl (C=O) groups excluding carboxylic acids is 1. The number of amides is 1.